The second-order valence-corrected chi connectivity index (χ2v) is 7.73. The first kappa shape index (κ1) is 13.9. The minimum Gasteiger partial charge on any atom is -0.305 e. The van der Waals surface area contributed by atoms with Crippen LogP contribution >= 0.6 is 23.4 Å². The lowest BCUT2D eigenvalue weighted by Crippen LogP contribution is -2.01. The monoisotopic (exact) mass is 345 g/mol. The number of thioether (sulfide) groups is 1. The van der Waals surface area contributed by atoms with E-state index in [1.165, 1.54) is 31.5 Å². The molecule has 0 unspecified atom stereocenters. The molecule has 5 nitrogen and oxygen atoms in total. The zero-order chi connectivity index (χ0) is 15.4. The van der Waals surface area contributed by atoms with Gasteiger partial charge in [-0.1, -0.05) is 23.4 Å². The smallest absolute Gasteiger partial charge is 0.191 e. The number of rotatable bonds is 5. The van der Waals surface area contributed by atoms with Gasteiger partial charge in [0.05, 0.1) is 10.7 Å². The van der Waals surface area contributed by atoms with Crippen molar-refractivity contribution in [2.75, 3.05) is 0 Å². The first-order valence-electron chi connectivity index (χ1n) is 7.98. The standard InChI is InChI=1S/C16H16ClN5S/c17-11-3-6-14-18-12(8-21(14)7-11)9-23-16-20-19-15(10-1-2-10)22(16)13-4-5-13/h3,6-8,10,13H,1-2,4-5,9H2. The quantitative estimate of drug-likeness (QED) is 0.654. The molecule has 118 valence electrons. The van der Waals surface area contributed by atoms with Crippen LogP contribution in [0.15, 0.2) is 29.7 Å². The second kappa shape index (κ2) is 5.24. The van der Waals surface area contributed by atoms with Gasteiger partial charge in [-0.05, 0) is 37.8 Å². The van der Waals surface area contributed by atoms with Gasteiger partial charge in [0.2, 0.25) is 0 Å². The molecular weight excluding hydrogens is 330 g/mol. The fourth-order valence-corrected chi connectivity index (χ4v) is 3.97. The van der Waals surface area contributed by atoms with E-state index in [0.29, 0.717) is 12.0 Å². The Morgan fingerprint density at radius 3 is 2.78 bits per heavy atom. The lowest BCUT2D eigenvalue weighted by molar-refractivity contribution is 0.627. The van der Waals surface area contributed by atoms with E-state index >= 15 is 0 Å². The van der Waals surface area contributed by atoms with E-state index in [2.05, 4.69) is 19.7 Å². The number of aromatic nitrogens is 5. The van der Waals surface area contributed by atoms with Crippen LogP contribution in [0.3, 0.4) is 0 Å². The van der Waals surface area contributed by atoms with Gasteiger partial charge in [-0.2, -0.15) is 0 Å². The average molecular weight is 346 g/mol. The summed E-state index contributed by atoms with van der Waals surface area (Å²) in [5.74, 6) is 2.65. The molecule has 0 saturated heterocycles. The molecule has 0 aliphatic heterocycles. The van der Waals surface area contributed by atoms with Crippen LogP contribution in [0.5, 0.6) is 0 Å². The molecule has 3 aromatic heterocycles. The molecule has 23 heavy (non-hydrogen) atoms. The van der Waals surface area contributed by atoms with Crippen LogP contribution in [0.25, 0.3) is 5.65 Å². The molecule has 0 aromatic carbocycles. The van der Waals surface area contributed by atoms with Gasteiger partial charge in [-0.25, -0.2) is 4.98 Å². The van der Waals surface area contributed by atoms with E-state index < -0.39 is 0 Å². The zero-order valence-electron chi connectivity index (χ0n) is 12.5. The molecule has 0 atom stereocenters. The summed E-state index contributed by atoms with van der Waals surface area (Å²) in [7, 11) is 0. The van der Waals surface area contributed by atoms with Gasteiger partial charge in [0.1, 0.15) is 11.5 Å². The Labute approximate surface area is 143 Å². The zero-order valence-corrected chi connectivity index (χ0v) is 14.1. The van der Waals surface area contributed by atoms with Gasteiger partial charge in [0.15, 0.2) is 5.16 Å². The third-order valence-corrected chi connectivity index (χ3v) is 5.56. The molecule has 0 bridgehead atoms. The highest BCUT2D eigenvalue weighted by atomic mass is 35.5. The molecule has 5 rings (SSSR count). The summed E-state index contributed by atoms with van der Waals surface area (Å²) in [6.45, 7) is 0. The van der Waals surface area contributed by atoms with E-state index in [-0.39, 0.29) is 0 Å². The first-order chi connectivity index (χ1) is 11.3. The van der Waals surface area contributed by atoms with Crippen molar-refractivity contribution in [3.8, 4) is 0 Å². The van der Waals surface area contributed by atoms with Crippen LogP contribution in [0.2, 0.25) is 5.02 Å². The molecular formula is C16H16ClN5S. The Kier molecular flexibility index (Phi) is 3.16. The van der Waals surface area contributed by atoms with Crippen LogP contribution in [0.1, 0.15) is 49.2 Å². The van der Waals surface area contributed by atoms with E-state index in [0.717, 1.165) is 27.3 Å². The largest absolute Gasteiger partial charge is 0.305 e. The van der Waals surface area contributed by atoms with Crippen molar-refractivity contribution in [3.05, 3.63) is 41.1 Å². The normalized spacial score (nSPS) is 18.0. The molecule has 0 spiro atoms. The second-order valence-electron chi connectivity index (χ2n) is 6.35. The van der Waals surface area contributed by atoms with Crippen LogP contribution in [0.4, 0.5) is 0 Å². The molecule has 2 saturated carbocycles. The molecule has 2 fully saturated rings. The lowest BCUT2D eigenvalue weighted by Gasteiger charge is -2.07. The minimum absolute atomic E-state index is 0.628. The predicted octanol–water partition coefficient (Wildman–Crippen LogP) is 4.08. The lowest BCUT2D eigenvalue weighted by atomic mass is 10.4. The van der Waals surface area contributed by atoms with Gasteiger partial charge in [0.25, 0.3) is 0 Å². The Bertz CT molecular complexity index is 878. The molecule has 2 aliphatic rings. The molecule has 7 heteroatoms. The Morgan fingerprint density at radius 2 is 2.00 bits per heavy atom. The van der Waals surface area contributed by atoms with Crippen LogP contribution < -0.4 is 0 Å². The molecule has 3 heterocycles. The predicted molar refractivity (Wildman–Crippen MR) is 90.0 cm³/mol. The van der Waals surface area contributed by atoms with Crippen molar-refractivity contribution in [2.45, 2.75) is 48.6 Å². The summed E-state index contributed by atoms with van der Waals surface area (Å²) in [4.78, 5) is 4.64. The fourth-order valence-electron chi connectivity index (χ4n) is 2.91. The SMILES string of the molecule is Clc1ccc2nc(CSc3nnc(C4CC4)n3C3CC3)cn2c1. The van der Waals surface area contributed by atoms with Gasteiger partial charge in [-0.15, -0.1) is 10.2 Å². The van der Waals surface area contributed by atoms with Gasteiger partial charge >= 0.3 is 0 Å². The summed E-state index contributed by atoms with van der Waals surface area (Å²) >= 11 is 7.76. The van der Waals surface area contributed by atoms with E-state index in [1.54, 1.807) is 11.8 Å². The maximum Gasteiger partial charge on any atom is 0.191 e. The molecule has 3 aromatic rings. The number of pyridine rings is 1. The third kappa shape index (κ3) is 2.64. The first-order valence-corrected chi connectivity index (χ1v) is 9.35. The maximum absolute atomic E-state index is 6.03. The molecule has 2 aliphatic carbocycles. The summed E-state index contributed by atoms with van der Waals surface area (Å²) in [5.41, 5.74) is 1.96. The van der Waals surface area contributed by atoms with E-state index in [1.807, 2.05) is 28.9 Å². The van der Waals surface area contributed by atoms with Crippen molar-refractivity contribution in [1.82, 2.24) is 24.1 Å². The summed E-state index contributed by atoms with van der Waals surface area (Å²) in [6.07, 6.45) is 8.98. The third-order valence-electron chi connectivity index (χ3n) is 4.36. The highest BCUT2D eigenvalue weighted by molar-refractivity contribution is 7.98. The van der Waals surface area contributed by atoms with Gasteiger partial charge in [-0.3, -0.25) is 0 Å². The summed E-state index contributed by atoms with van der Waals surface area (Å²) in [6, 6.07) is 4.43. The number of hydrogen-bond acceptors (Lipinski definition) is 4. The Hall–Kier alpha value is -1.53. The topological polar surface area (TPSA) is 48.0 Å². The van der Waals surface area contributed by atoms with Crippen LogP contribution in [-0.4, -0.2) is 24.1 Å². The average Bonchev–Trinajstić information content (AvgIpc) is 3.47. The minimum atomic E-state index is 0.628. The molecule has 0 N–H and O–H groups in total. The number of hydrogen-bond donors (Lipinski definition) is 0. The summed E-state index contributed by atoms with van der Waals surface area (Å²) in [5, 5.41) is 10.7. The van der Waals surface area contributed by atoms with E-state index in [4.69, 9.17) is 11.6 Å². The molecule has 0 amide bonds. The van der Waals surface area contributed by atoms with Crippen molar-refractivity contribution in [3.63, 3.8) is 0 Å². The van der Waals surface area contributed by atoms with Crippen molar-refractivity contribution < 1.29 is 0 Å². The number of fused-ring (bicyclic) bond motifs is 1. The van der Waals surface area contributed by atoms with Crippen LogP contribution in [0, 0.1) is 0 Å². The highest BCUT2D eigenvalue weighted by Gasteiger charge is 2.36. The van der Waals surface area contributed by atoms with Crippen molar-refractivity contribution in [1.29, 1.82) is 0 Å². The van der Waals surface area contributed by atoms with Crippen molar-refractivity contribution in [2.24, 2.45) is 0 Å². The molecule has 0 radical (unpaired) electrons. The van der Waals surface area contributed by atoms with Crippen molar-refractivity contribution >= 4 is 29.0 Å². The van der Waals surface area contributed by atoms with E-state index in [9.17, 15) is 0 Å². The number of nitrogens with zero attached hydrogens (tertiary/aromatic N) is 5. The van der Waals surface area contributed by atoms with Crippen LogP contribution in [-0.2, 0) is 5.75 Å². The Morgan fingerprint density at radius 1 is 1.13 bits per heavy atom. The van der Waals surface area contributed by atoms with Gasteiger partial charge < -0.3 is 8.97 Å². The maximum atomic E-state index is 6.03. The van der Waals surface area contributed by atoms with Gasteiger partial charge in [0, 0.05) is 30.1 Å². The fraction of sp³-hybridized carbons (Fsp3) is 0.438. The number of halogens is 1. The Balaban J connectivity index is 1.39. The highest BCUT2D eigenvalue weighted by Crippen LogP contribution is 2.46. The summed E-state index contributed by atoms with van der Waals surface area (Å²) < 4.78 is 4.36. The number of imidazole rings is 1.